The minimum atomic E-state index is 0.627. The van der Waals surface area contributed by atoms with Crippen molar-refractivity contribution in [1.82, 2.24) is 14.7 Å². The van der Waals surface area contributed by atoms with Gasteiger partial charge in [-0.1, -0.05) is 0 Å². The third-order valence-corrected chi connectivity index (χ3v) is 3.63. The number of morpholine rings is 1. The van der Waals surface area contributed by atoms with E-state index in [2.05, 4.69) is 21.9 Å². The van der Waals surface area contributed by atoms with E-state index < -0.39 is 0 Å². The van der Waals surface area contributed by atoms with Crippen LogP contribution in [0.25, 0.3) is 0 Å². The van der Waals surface area contributed by atoms with Crippen LogP contribution < -0.4 is 5.73 Å². The molecule has 0 spiro atoms. The number of aryl methyl sites for hydroxylation is 2. The van der Waals surface area contributed by atoms with Crippen molar-refractivity contribution >= 4 is 5.96 Å². The molecular weight excluding hydrogens is 242 g/mol. The molecule has 6 nitrogen and oxygen atoms in total. The van der Waals surface area contributed by atoms with Crippen molar-refractivity contribution in [2.45, 2.75) is 20.3 Å². The zero-order valence-electron chi connectivity index (χ0n) is 12.0. The van der Waals surface area contributed by atoms with Crippen molar-refractivity contribution < 1.29 is 4.74 Å². The number of guanidine groups is 1. The van der Waals surface area contributed by atoms with Crippen LogP contribution in [-0.4, -0.2) is 53.5 Å². The number of hydrogen-bond donors (Lipinski definition) is 1. The summed E-state index contributed by atoms with van der Waals surface area (Å²) in [7, 11) is 1.97. The summed E-state index contributed by atoms with van der Waals surface area (Å²) in [5, 5.41) is 4.41. The van der Waals surface area contributed by atoms with Crippen molar-refractivity contribution in [2.75, 3.05) is 32.8 Å². The Bertz CT molecular complexity index is 460. The number of nitrogens with zero attached hydrogens (tertiary/aromatic N) is 4. The predicted octanol–water partition coefficient (Wildman–Crippen LogP) is 0.226. The fourth-order valence-electron chi connectivity index (χ4n) is 2.35. The van der Waals surface area contributed by atoms with Crippen LogP contribution in [0.15, 0.2) is 4.99 Å². The lowest BCUT2D eigenvalue weighted by molar-refractivity contribution is 0.0674. The number of nitrogens with two attached hydrogens (primary N) is 1. The van der Waals surface area contributed by atoms with E-state index in [0.29, 0.717) is 12.5 Å². The highest BCUT2D eigenvalue weighted by atomic mass is 16.5. The first-order chi connectivity index (χ1) is 9.09. The zero-order chi connectivity index (χ0) is 13.8. The van der Waals surface area contributed by atoms with Crippen molar-refractivity contribution in [1.29, 1.82) is 0 Å². The van der Waals surface area contributed by atoms with Crippen LogP contribution in [0.1, 0.15) is 17.0 Å². The largest absolute Gasteiger partial charge is 0.378 e. The molecule has 1 aromatic rings. The molecule has 0 saturated carbocycles. The third kappa shape index (κ3) is 3.26. The molecule has 0 amide bonds. The monoisotopic (exact) mass is 265 g/mol. The molecule has 0 unspecified atom stereocenters. The SMILES string of the molecule is Cc1nn(C)c(C)c1CCN=C(N)N1CCOCC1. The predicted molar refractivity (Wildman–Crippen MR) is 75.3 cm³/mol. The number of ether oxygens (including phenoxy) is 1. The molecule has 2 heterocycles. The molecule has 1 saturated heterocycles. The number of aromatic nitrogens is 2. The van der Waals surface area contributed by atoms with Gasteiger partial charge in [0.05, 0.1) is 18.9 Å². The molecule has 2 N–H and O–H groups in total. The maximum atomic E-state index is 5.99. The zero-order valence-corrected chi connectivity index (χ0v) is 12.0. The highest BCUT2D eigenvalue weighted by Crippen LogP contribution is 2.12. The summed E-state index contributed by atoms with van der Waals surface area (Å²) in [5.41, 5.74) is 9.56. The fraction of sp³-hybridized carbons (Fsp3) is 0.692. The van der Waals surface area contributed by atoms with Crippen molar-refractivity contribution in [3.05, 3.63) is 17.0 Å². The molecule has 1 fully saturated rings. The van der Waals surface area contributed by atoms with Gasteiger partial charge in [-0.05, 0) is 25.8 Å². The quantitative estimate of drug-likeness (QED) is 0.627. The van der Waals surface area contributed by atoms with E-state index in [1.165, 1.54) is 11.3 Å². The summed E-state index contributed by atoms with van der Waals surface area (Å²) < 4.78 is 7.21. The van der Waals surface area contributed by atoms with Gasteiger partial charge < -0.3 is 15.4 Å². The molecule has 1 aromatic heterocycles. The topological polar surface area (TPSA) is 68.7 Å². The van der Waals surface area contributed by atoms with E-state index in [9.17, 15) is 0 Å². The second-order valence-electron chi connectivity index (χ2n) is 4.86. The molecular formula is C13H23N5O. The Balaban J connectivity index is 1.91. The molecule has 0 aliphatic carbocycles. The molecule has 0 aromatic carbocycles. The summed E-state index contributed by atoms with van der Waals surface area (Å²) in [6.07, 6.45) is 0.885. The first-order valence-corrected chi connectivity index (χ1v) is 6.71. The maximum absolute atomic E-state index is 5.99. The molecule has 0 radical (unpaired) electrons. The Morgan fingerprint density at radius 1 is 1.37 bits per heavy atom. The van der Waals surface area contributed by atoms with Gasteiger partial charge in [-0.15, -0.1) is 0 Å². The van der Waals surface area contributed by atoms with Crippen LogP contribution in [0.5, 0.6) is 0 Å². The van der Waals surface area contributed by atoms with Crippen LogP contribution in [0.2, 0.25) is 0 Å². The highest BCUT2D eigenvalue weighted by molar-refractivity contribution is 5.78. The van der Waals surface area contributed by atoms with Crippen LogP contribution in [0, 0.1) is 13.8 Å². The number of hydrogen-bond acceptors (Lipinski definition) is 3. The Hall–Kier alpha value is -1.56. The number of rotatable bonds is 3. The lowest BCUT2D eigenvalue weighted by Crippen LogP contribution is -2.44. The Morgan fingerprint density at radius 2 is 2.05 bits per heavy atom. The minimum absolute atomic E-state index is 0.627. The molecule has 19 heavy (non-hydrogen) atoms. The minimum Gasteiger partial charge on any atom is -0.378 e. The van der Waals surface area contributed by atoms with Gasteiger partial charge in [0.15, 0.2) is 5.96 Å². The van der Waals surface area contributed by atoms with Crippen LogP contribution >= 0.6 is 0 Å². The molecule has 0 bridgehead atoms. The van der Waals surface area contributed by atoms with Gasteiger partial charge in [0, 0.05) is 32.4 Å². The number of aliphatic imine (C=N–C) groups is 1. The van der Waals surface area contributed by atoms with Crippen molar-refractivity contribution in [3.8, 4) is 0 Å². The molecule has 1 aliphatic rings. The van der Waals surface area contributed by atoms with Crippen molar-refractivity contribution in [2.24, 2.45) is 17.8 Å². The molecule has 106 valence electrons. The summed E-state index contributed by atoms with van der Waals surface area (Å²) >= 11 is 0. The van der Waals surface area contributed by atoms with E-state index in [4.69, 9.17) is 10.5 Å². The summed E-state index contributed by atoms with van der Waals surface area (Å²) in [6, 6.07) is 0. The standard InChI is InChI=1S/C13H23N5O/c1-10-12(11(2)17(3)16-10)4-5-15-13(14)18-6-8-19-9-7-18/h4-9H2,1-3H3,(H2,14,15). The first kappa shape index (κ1) is 13.9. The van der Waals surface area contributed by atoms with Gasteiger partial charge in [-0.2, -0.15) is 5.10 Å². The lowest BCUT2D eigenvalue weighted by atomic mass is 10.1. The highest BCUT2D eigenvalue weighted by Gasteiger charge is 2.12. The normalized spacial score (nSPS) is 17.0. The average Bonchev–Trinajstić information content (AvgIpc) is 2.66. The smallest absolute Gasteiger partial charge is 0.191 e. The van der Waals surface area contributed by atoms with E-state index in [0.717, 1.165) is 38.4 Å². The van der Waals surface area contributed by atoms with E-state index in [1.807, 2.05) is 18.7 Å². The van der Waals surface area contributed by atoms with Gasteiger partial charge in [0.25, 0.3) is 0 Å². The van der Waals surface area contributed by atoms with Crippen LogP contribution in [0.4, 0.5) is 0 Å². The molecule has 0 atom stereocenters. The Kier molecular flexibility index (Phi) is 4.42. The first-order valence-electron chi connectivity index (χ1n) is 6.71. The summed E-state index contributed by atoms with van der Waals surface area (Å²) in [6.45, 7) is 7.97. The van der Waals surface area contributed by atoms with Gasteiger partial charge in [0.1, 0.15) is 0 Å². The third-order valence-electron chi connectivity index (χ3n) is 3.63. The van der Waals surface area contributed by atoms with Gasteiger partial charge >= 0.3 is 0 Å². The van der Waals surface area contributed by atoms with Crippen molar-refractivity contribution in [3.63, 3.8) is 0 Å². The van der Waals surface area contributed by atoms with E-state index >= 15 is 0 Å². The molecule has 2 rings (SSSR count). The second-order valence-corrected chi connectivity index (χ2v) is 4.86. The second kappa shape index (κ2) is 6.06. The maximum Gasteiger partial charge on any atom is 0.191 e. The van der Waals surface area contributed by atoms with Gasteiger partial charge in [0.2, 0.25) is 0 Å². The van der Waals surface area contributed by atoms with E-state index in [-0.39, 0.29) is 0 Å². The molecule has 1 aliphatic heterocycles. The lowest BCUT2D eigenvalue weighted by Gasteiger charge is -2.27. The van der Waals surface area contributed by atoms with Gasteiger partial charge in [-0.3, -0.25) is 9.67 Å². The van der Waals surface area contributed by atoms with Crippen LogP contribution in [-0.2, 0) is 18.2 Å². The average molecular weight is 265 g/mol. The van der Waals surface area contributed by atoms with Gasteiger partial charge in [-0.25, -0.2) is 0 Å². The van der Waals surface area contributed by atoms with E-state index in [1.54, 1.807) is 0 Å². The van der Waals surface area contributed by atoms with Crippen LogP contribution in [0.3, 0.4) is 0 Å². The summed E-state index contributed by atoms with van der Waals surface area (Å²) in [4.78, 5) is 6.54. The Morgan fingerprint density at radius 3 is 2.63 bits per heavy atom. The molecule has 6 heteroatoms. The fourth-order valence-corrected chi connectivity index (χ4v) is 2.35. The summed E-state index contributed by atoms with van der Waals surface area (Å²) in [5.74, 6) is 0.627. The Labute approximate surface area is 114 Å².